The summed E-state index contributed by atoms with van der Waals surface area (Å²) in [5.41, 5.74) is -1.68. The molecule has 6 nitrogen and oxygen atoms in total. The van der Waals surface area contributed by atoms with Crippen LogP contribution in [0.25, 0.3) is 0 Å². The molecule has 1 aromatic rings. The number of rotatable bonds is 6. The molecule has 0 heterocycles. The normalized spacial score (nSPS) is 18.1. The van der Waals surface area contributed by atoms with E-state index in [0.29, 0.717) is 12.8 Å². The van der Waals surface area contributed by atoms with Crippen LogP contribution in [-0.2, 0) is 25.0 Å². The Hall–Kier alpha value is -1.96. The summed E-state index contributed by atoms with van der Waals surface area (Å²) in [7, 11) is -3.61. The maximum absolute atomic E-state index is 13.0. The van der Waals surface area contributed by atoms with Crippen LogP contribution < -0.4 is 5.32 Å². The number of halogens is 1. The first-order valence-corrected chi connectivity index (χ1v) is 9.39. The Bertz CT molecular complexity index is 725. The maximum Gasteiger partial charge on any atom is 0.333 e. The Kier molecular flexibility index (Phi) is 5.27. The third-order valence-electron chi connectivity index (χ3n) is 4.38. The highest BCUT2D eigenvalue weighted by molar-refractivity contribution is 7.92. The summed E-state index contributed by atoms with van der Waals surface area (Å²) < 4.78 is 37.5. The zero-order valence-corrected chi connectivity index (χ0v) is 14.1. The van der Waals surface area contributed by atoms with Crippen LogP contribution in [0.5, 0.6) is 0 Å². The third kappa shape index (κ3) is 3.92. The summed E-state index contributed by atoms with van der Waals surface area (Å²) in [6.45, 7) is 1.24. The summed E-state index contributed by atoms with van der Waals surface area (Å²) in [6.07, 6.45) is 2.69. The van der Waals surface area contributed by atoms with E-state index in [1.807, 2.05) is 0 Å². The summed E-state index contributed by atoms with van der Waals surface area (Å²) in [6, 6.07) is 4.65. The van der Waals surface area contributed by atoms with E-state index in [1.54, 1.807) is 0 Å². The van der Waals surface area contributed by atoms with Crippen LogP contribution in [0, 0.1) is 5.82 Å². The number of benzene rings is 1. The maximum atomic E-state index is 13.0. The molecule has 0 aliphatic heterocycles. The molecule has 1 aromatic carbocycles. The van der Waals surface area contributed by atoms with Gasteiger partial charge in [-0.05, 0) is 37.5 Å². The molecule has 1 saturated carbocycles. The molecule has 1 amide bonds. The van der Waals surface area contributed by atoms with Gasteiger partial charge in [0.2, 0.25) is 5.91 Å². The molecule has 24 heavy (non-hydrogen) atoms. The van der Waals surface area contributed by atoms with E-state index in [9.17, 15) is 27.5 Å². The second-order valence-electron chi connectivity index (χ2n) is 6.20. The highest BCUT2D eigenvalue weighted by Crippen LogP contribution is 2.26. The SMILES string of the molecule is CC(NC(=O)CS(=O)(=O)C1CCCC1)(C(=O)O)c1ccc(F)cc1. The molecule has 0 aromatic heterocycles. The van der Waals surface area contributed by atoms with Crippen molar-refractivity contribution in [2.75, 3.05) is 5.75 Å². The number of carbonyl (C=O) groups is 2. The lowest BCUT2D eigenvalue weighted by atomic mass is 9.92. The summed E-state index contributed by atoms with van der Waals surface area (Å²) in [5, 5.41) is 11.2. The Balaban J connectivity index is 2.16. The highest BCUT2D eigenvalue weighted by Gasteiger charge is 2.39. The van der Waals surface area contributed by atoms with E-state index in [0.717, 1.165) is 25.0 Å². The van der Waals surface area contributed by atoms with Gasteiger partial charge in [-0.2, -0.15) is 0 Å². The number of carboxylic acid groups (broad SMARTS) is 1. The standard InChI is InChI=1S/C16H20FNO5S/c1-16(15(20)21,11-6-8-12(17)9-7-11)18-14(19)10-24(22,23)13-4-2-3-5-13/h6-9,13H,2-5,10H2,1H3,(H,18,19)(H,20,21). The fraction of sp³-hybridized carbons (Fsp3) is 0.500. The predicted molar refractivity (Wildman–Crippen MR) is 85.6 cm³/mol. The van der Waals surface area contributed by atoms with Gasteiger partial charge in [0, 0.05) is 0 Å². The Morgan fingerprint density at radius 2 is 1.79 bits per heavy atom. The molecule has 1 atom stereocenters. The molecule has 1 unspecified atom stereocenters. The van der Waals surface area contributed by atoms with Gasteiger partial charge in [0.25, 0.3) is 0 Å². The van der Waals surface area contributed by atoms with Gasteiger partial charge in [0.15, 0.2) is 15.4 Å². The van der Waals surface area contributed by atoms with Crippen molar-refractivity contribution in [1.82, 2.24) is 5.32 Å². The van der Waals surface area contributed by atoms with Gasteiger partial charge in [0.05, 0.1) is 5.25 Å². The summed E-state index contributed by atoms with van der Waals surface area (Å²) in [4.78, 5) is 23.8. The number of carbonyl (C=O) groups excluding carboxylic acids is 1. The molecule has 1 fully saturated rings. The number of hydrogen-bond acceptors (Lipinski definition) is 4. The molecule has 1 aliphatic rings. The smallest absolute Gasteiger partial charge is 0.333 e. The van der Waals surface area contributed by atoms with E-state index in [1.165, 1.54) is 19.1 Å². The van der Waals surface area contributed by atoms with Crippen molar-refractivity contribution in [2.24, 2.45) is 0 Å². The fourth-order valence-electron chi connectivity index (χ4n) is 2.90. The minimum atomic E-state index is -3.61. The van der Waals surface area contributed by atoms with Crippen LogP contribution in [0.3, 0.4) is 0 Å². The number of hydrogen-bond donors (Lipinski definition) is 2. The monoisotopic (exact) mass is 357 g/mol. The van der Waals surface area contributed by atoms with E-state index in [2.05, 4.69) is 5.32 Å². The second-order valence-corrected chi connectivity index (χ2v) is 8.48. The predicted octanol–water partition coefficient (Wildman–Crippen LogP) is 1.60. The van der Waals surface area contributed by atoms with E-state index in [-0.39, 0.29) is 5.56 Å². The number of sulfone groups is 1. The van der Waals surface area contributed by atoms with Crippen molar-refractivity contribution < 1.29 is 27.5 Å². The lowest BCUT2D eigenvalue weighted by molar-refractivity contribution is -0.147. The Labute approximate surface area is 140 Å². The number of carboxylic acids is 1. The summed E-state index contributed by atoms with van der Waals surface area (Å²) in [5.74, 6) is -3.53. The lowest BCUT2D eigenvalue weighted by Crippen LogP contribution is -2.51. The molecule has 8 heteroatoms. The first-order chi connectivity index (χ1) is 11.1. The van der Waals surface area contributed by atoms with Crippen molar-refractivity contribution >= 4 is 21.7 Å². The molecule has 2 N–H and O–H groups in total. The van der Waals surface area contributed by atoms with E-state index < -0.39 is 44.1 Å². The molecule has 0 saturated heterocycles. The molecule has 0 radical (unpaired) electrons. The van der Waals surface area contributed by atoms with E-state index in [4.69, 9.17) is 0 Å². The van der Waals surface area contributed by atoms with Crippen LogP contribution in [0.2, 0.25) is 0 Å². The van der Waals surface area contributed by atoms with Gasteiger partial charge in [-0.15, -0.1) is 0 Å². The fourth-order valence-corrected chi connectivity index (χ4v) is 4.62. The van der Waals surface area contributed by atoms with E-state index >= 15 is 0 Å². The number of aliphatic carboxylic acids is 1. The lowest BCUT2D eigenvalue weighted by Gasteiger charge is -2.27. The van der Waals surface area contributed by atoms with Gasteiger partial charge in [0.1, 0.15) is 11.6 Å². The quantitative estimate of drug-likeness (QED) is 0.805. The van der Waals surface area contributed by atoms with Gasteiger partial charge in [-0.25, -0.2) is 17.6 Å². The van der Waals surface area contributed by atoms with Crippen LogP contribution in [0.4, 0.5) is 4.39 Å². The molecule has 1 aliphatic carbocycles. The number of nitrogens with one attached hydrogen (secondary N) is 1. The van der Waals surface area contributed by atoms with Crippen LogP contribution in [-0.4, -0.2) is 36.4 Å². The Morgan fingerprint density at radius 1 is 1.25 bits per heavy atom. The van der Waals surface area contributed by atoms with Gasteiger partial charge in [-0.1, -0.05) is 25.0 Å². The van der Waals surface area contributed by atoms with Gasteiger partial charge in [-0.3, -0.25) is 4.79 Å². The number of amides is 1. The van der Waals surface area contributed by atoms with Crippen molar-refractivity contribution in [3.05, 3.63) is 35.6 Å². The van der Waals surface area contributed by atoms with Crippen molar-refractivity contribution in [3.63, 3.8) is 0 Å². The van der Waals surface area contributed by atoms with Crippen molar-refractivity contribution in [2.45, 2.75) is 43.4 Å². The average molecular weight is 357 g/mol. The molecule has 2 rings (SSSR count). The highest BCUT2D eigenvalue weighted by atomic mass is 32.2. The van der Waals surface area contributed by atoms with Crippen molar-refractivity contribution in [3.8, 4) is 0 Å². The van der Waals surface area contributed by atoms with Crippen LogP contribution in [0.1, 0.15) is 38.2 Å². The molecule has 0 bridgehead atoms. The van der Waals surface area contributed by atoms with Crippen LogP contribution >= 0.6 is 0 Å². The van der Waals surface area contributed by atoms with Crippen molar-refractivity contribution in [1.29, 1.82) is 0 Å². The second kappa shape index (κ2) is 6.88. The molecular weight excluding hydrogens is 337 g/mol. The van der Waals surface area contributed by atoms with Gasteiger partial charge >= 0.3 is 5.97 Å². The van der Waals surface area contributed by atoms with Gasteiger partial charge < -0.3 is 10.4 Å². The van der Waals surface area contributed by atoms with Crippen LogP contribution in [0.15, 0.2) is 24.3 Å². The minimum Gasteiger partial charge on any atom is -0.479 e. The molecule has 0 spiro atoms. The summed E-state index contributed by atoms with van der Waals surface area (Å²) >= 11 is 0. The Morgan fingerprint density at radius 3 is 2.29 bits per heavy atom. The molecule has 132 valence electrons. The molecular formula is C16H20FNO5S. The first kappa shape index (κ1) is 18.4. The zero-order chi connectivity index (χ0) is 18.0. The largest absolute Gasteiger partial charge is 0.479 e. The zero-order valence-electron chi connectivity index (χ0n) is 13.3. The topological polar surface area (TPSA) is 101 Å². The third-order valence-corrected chi connectivity index (χ3v) is 6.53. The first-order valence-electron chi connectivity index (χ1n) is 7.67. The minimum absolute atomic E-state index is 0.156. The average Bonchev–Trinajstić information content (AvgIpc) is 3.01.